The molecule has 0 saturated heterocycles. The highest BCUT2D eigenvalue weighted by molar-refractivity contribution is 8.00. The molecular weight excluding hydrogens is 481 g/mol. The molecule has 0 aliphatic carbocycles. The zero-order valence-corrected chi connectivity index (χ0v) is 20.1. The van der Waals surface area contributed by atoms with E-state index in [9.17, 15) is 9.18 Å². The van der Waals surface area contributed by atoms with Gasteiger partial charge >= 0.3 is 0 Å². The quantitative estimate of drug-likeness (QED) is 0.266. The predicted octanol–water partition coefficient (Wildman–Crippen LogP) is 4.43. The maximum absolute atomic E-state index is 13.2. The van der Waals surface area contributed by atoms with E-state index in [-0.39, 0.29) is 17.3 Å². The van der Waals surface area contributed by atoms with Crippen molar-refractivity contribution < 1.29 is 23.4 Å². The fraction of sp³-hybridized carbons (Fsp3) is 0.182. The van der Waals surface area contributed by atoms with Crippen molar-refractivity contribution in [3.05, 3.63) is 65.7 Å². The number of aromatic nitrogens is 4. The van der Waals surface area contributed by atoms with Gasteiger partial charge in [0, 0.05) is 11.8 Å². The molecule has 1 amide bonds. The first kappa shape index (κ1) is 23.5. The summed E-state index contributed by atoms with van der Waals surface area (Å²) < 4.78 is 31.2. The summed E-state index contributed by atoms with van der Waals surface area (Å²) in [7, 11) is 4.64. The van der Waals surface area contributed by atoms with Crippen molar-refractivity contribution >= 4 is 34.1 Å². The Hall–Kier alpha value is -3.64. The second-order valence-corrected chi connectivity index (χ2v) is 9.00. The standard InChI is InChI=1S/C22H20FN5O4S2/c1-30-16-8-13(9-17(10-16)31-2)12-33-22-26-25-21(34-22)24-20(29)19-18(32-3)11-28(27-19)15-6-4-14(23)5-7-15/h4-11H,12H2,1-3H3,(H,24,25,29). The molecule has 0 spiro atoms. The molecule has 34 heavy (non-hydrogen) atoms. The third-order valence-corrected chi connectivity index (χ3v) is 6.65. The second kappa shape index (κ2) is 10.5. The van der Waals surface area contributed by atoms with Crippen LogP contribution in [0.4, 0.5) is 9.52 Å². The van der Waals surface area contributed by atoms with Gasteiger partial charge in [0.25, 0.3) is 5.91 Å². The van der Waals surface area contributed by atoms with Crippen molar-refractivity contribution in [3.8, 4) is 22.9 Å². The highest BCUT2D eigenvalue weighted by Gasteiger charge is 2.20. The van der Waals surface area contributed by atoms with Crippen molar-refractivity contribution in [1.29, 1.82) is 0 Å². The number of nitrogens with zero attached hydrogens (tertiary/aromatic N) is 4. The van der Waals surface area contributed by atoms with Gasteiger partial charge in [0.2, 0.25) is 5.13 Å². The molecule has 4 aromatic rings. The number of hydrogen-bond acceptors (Lipinski definition) is 9. The molecular formula is C22H20FN5O4S2. The van der Waals surface area contributed by atoms with E-state index in [0.717, 1.165) is 5.56 Å². The number of hydrogen-bond donors (Lipinski definition) is 1. The number of benzene rings is 2. The molecule has 12 heteroatoms. The van der Waals surface area contributed by atoms with Crippen molar-refractivity contribution in [2.45, 2.75) is 10.1 Å². The van der Waals surface area contributed by atoms with Gasteiger partial charge in [0.05, 0.1) is 33.2 Å². The number of amides is 1. The number of carbonyl (C=O) groups excluding carboxylic acids is 1. The van der Waals surface area contributed by atoms with E-state index in [1.807, 2.05) is 12.1 Å². The maximum atomic E-state index is 13.2. The molecule has 2 aromatic heterocycles. The minimum absolute atomic E-state index is 0.0692. The van der Waals surface area contributed by atoms with Gasteiger partial charge in [-0.05, 0) is 42.0 Å². The van der Waals surface area contributed by atoms with Gasteiger partial charge in [-0.25, -0.2) is 9.07 Å². The number of rotatable bonds is 9. The summed E-state index contributed by atoms with van der Waals surface area (Å²) in [5.41, 5.74) is 1.65. The largest absolute Gasteiger partial charge is 0.497 e. The molecule has 1 N–H and O–H groups in total. The number of anilines is 1. The van der Waals surface area contributed by atoms with Crippen LogP contribution in [0, 0.1) is 5.82 Å². The van der Waals surface area contributed by atoms with Crippen LogP contribution in [0.5, 0.6) is 17.2 Å². The molecule has 4 rings (SSSR count). The average Bonchev–Trinajstić information content (AvgIpc) is 3.50. The molecule has 0 aliphatic rings. The minimum atomic E-state index is -0.497. The van der Waals surface area contributed by atoms with Crippen molar-refractivity contribution in [1.82, 2.24) is 20.0 Å². The molecule has 0 atom stereocenters. The van der Waals surface area contributed by atoms with Gasteiger partial charge in [0.15, 0.2) is 15.8 Å². The lowest BCUT2D eigenvalue weighted by atomic mass is 10.2. The van der Waals surface area contributed by atoms with E-state index in [1.165, 1.54) is 47.0 Å². The molecule has 0 bridgehead atoms. The second-order valence-electron chi connectivity index (χ2n) is 6.80. The van der Waals surface area contributed by atoms with Gasteiger partial charge in [-0.2, -0.15) is 5.10 Å². The van der Waals surface area contributed by atoms with E-state index in [4.69, 9.17) is 14.2 Å². The smallest absolute Gasteiger partial charge is 0.281 e. The third kappa shape index (κ3) is 5.46. The summed E-state index contributed by atoms with van der Waals surface area (Å²) in [5.74, 6) is 1.43. The van der Waals surface area contributed by atoms with Crippen LogP contribution in [-0.4, -0.2) is 47.2 Å². The number of ether oxygens (including phenoxy) is 3. The maximum Gasteiger partial charge on any atom is 0.281 e. The van der Waals surface area contributed by atoms with Crippen molar-refractivity contribution in [2.75, 3.05) is 26.6 Å². The Morgan fingerprint density at radius 3 is 2.41 bits per heavy atom. The Labute approximate surface area is 202 Å². The average molecular weight is 502 g/mol. The Balaban J connectivity index is 1.43. The zero-order chi connectivity index (χ0) is 24.1. The first-order valence-electron chi connectivity index (χ1n) is 9.88. The first-order chi connectivity index (χ1) is 16.5. The van der Waals surface area contributed by atoms with Crippen LogP contribution in [-0.2, 0) is 5.75 Å². The fourth-order valence-electron chi connectivity index (χ4n) is 2.96. The van der Waals surface area contributed by atoms with Crippen LogP contribution >= 0.6 is 23.1 Å². The lowest BCUT2D eigenvalue weighted by Gasteiger charge is -2.07. The summed E-state index contributed by atoms with van der Waals surface area (Å²) in [6.07, 6.45) is 1.55. The number of halogens is 1. The summed E-state index contributed by atoms with van der Waals surface area (Å²) in [6, 6.07) is 11.4. The lowest BCUT2D eigenvalue weighted by Crippen LogP contribution is -2.14. The third-order valence-electron chi connectivity index (χ3n) is 4.61. The van der Waals surface area contributed by atoms with E-state index < -0.39 is 5.91 Å². The first-order valence-corrected chi connectivity index (χ1v) is 11.7. The molecule has 0 saturated carbocycles. The van der Waals surface area contributed by atoms with Gasteiger partial charge in [-0.3, -0.25) is 10.1 Å². The highest BCUT2D eigenvalue weighted by atomic mass is 32.2. The molecule has 176 valence electrons. The summed E-state index contributed by atoms with van der Waals surface area (Å²) in [6.45, 7) is 0. The molecule has 0 aliphatic heterocycles. The monoisotopic (exact) mass is 501 g/mol. The Bertz CT molecular complexity index is 1270. The fourth-order valence-corrected chi connectivity index (χ4v) is 4.64. The van der Waals surface area contributed by atoms with Gasteiger partial charge in [-0.15, -0.1) is 10.2 Å². The zero-order valence-electron chi connectivity index (χ0n) is 18.4. The number of methoxy groups -OCH3 is 3. The Morgan fingerprint density at radius 1 is 1.06 bits per heavy atom. The number of thioether (sulfide) groups is 1. The molecule has 0 unspecified atom stereocenters. The van der Waals surface area contributed by atoms with E-state index in [2.05, 4.69) is 20.6 Å². The molecule has 2 aromatic carbocycles. The van der Waals surface area contributed by atoms with E-state index in [1.54, 1.807) is 38.6 Å². The molecule has 2 heterocycles. The van der Waals surface area contributed by atoms with Crippen LogP contribution in [0.3, 0.4) is 0 Å². The summed E-state index contributed by atoms with van der Waals surface area (Å²) in [4.78, 5) is 12.8. The van der Waals surface area contributed by atoms with Crippen molar-refractivity contribution in [2.24, 2.45) is 0 Å². The molecule has 0 fully saturated rings. The summed E-state index contributed by atoms with van der Waals surface area (Å²) in [5, 5.41) is 15.5. The minimum Gasteiger partial charge on any atom is -0.497 e. The molecule has 9 nitrogen and oxygen atoms in total. The van der Waals surface area contributed by atoms with Crippen LogP contribution < -0.4 is 19.5 Å². The SMILES string of the molecule is COc1cc(CSc2nnc(NC(=O)c3nn(-c4ccc(F)cc4)cc3OC)s2)cc(OC)c1. The number of carbonyl (C=O) groups is 1. The Kier molecular flexibility index (Phi) is 7.28. The predicted molar refractivity (Wildman–Crippen MR) is 127 cm³/mol. The lowest BCUT2D eigenvalue weighted by molar-refractivity contribution is 0.101. The van der Waals surface area contributed by atoms with Gasteiger partial charge in [0.1, 0.15) is 17.3 Å². The Morgan fingerprint density at radius 2 is 1.76 bits per heavy atom. The molecule has 0 radical (unpaired) electrons. The van der Waals surface area contributed by atoms with Crippen LogP contribution in [0.25, 0.3) is 5.69 Å². The van der Waals surface area contributed by atoms with Crippen LogP contribution in [0.15, 0.2) is 53.0 Å². The summed E-state index contributed by atoms with van der Waals surface area (Å²) >= 11 is 2.72. The van der Waals surface area contributed by atoms with Gasteiger partial charge in [-0.1, -0.05) is 23.1 Å². The van der Waals surface area contributed by atoms with Crippen molar-refractivity contribution in [3.63, 3.8) is 0 Å². The van der Waals surface area contributed by atoms with Gasteiger partial charge < -0.3 is 14.2 Å². The topological polar surface area (TPSA) is 100 Å². The number of nitrogens with one attached hydrogen (secondary N) is 1. The highest BCUT2D eigenvalue weighted by Crippen LogP contribution is 2.31. The van der Waals surface area contributed by atoms with E-state index in [0.29, 0.717) is 32.4 Å². The van der Waals surface area contributed by atoms with Crippen LogP contribution in [0.2, 0.25) is 0 Å². The van der Waals surface area contributed by atoms with E-state index >= 15 is 0 Å². The normalized spacial score (nSPS) is 10.7. The van der Waals surface area contributed by atoms with Crippen LogP contribution in [0.1, 0.15) is 16.1 Å².